The molecule has 0 unspecified atom stereocenters. The molecular weight excluding hydrogens is 479 g/mol. The number of para-hydroxylation sites is 2. The molecule has 2 heterocycles. The molecule has 0 bridgehead atoms. The van der Waals surface area contributed by atoms with E-state index in [9.17, 15) is 9.59 Å². The molecule has 3 aromatic rings. The average Bonchev–Trinajstić information content (AvgIpc) is 3.71. The Hall–Kier alpha value is -4.41. The van der Waals surface area contributed by atoms with Crippen LogP contribution in [0, 0.1) is 11.7 Å². The van der Waals surface area contributed by atoms with Gasteiger partial charge in [-0.15, -0.1) is 0 Å². The zero-order valence-electron chi connectivity index (χ0n) is 20.7. The lowest BCUT2D eigenvalue weighted by molar-refractivity contribution is -0.114. The van der Waals surface area contributed by atoms with E-state index in [0.717, 1.165) is 12.8 Å². The molecule has 11 heteroatoms. The molecule has 37 heavy (non-hydrogen) atoms. The van der Waals surface area contributed by atoms with Crippen molar-refractivity contribution in [1.29, 1.82) is 0 Å². The molecule has 2 aromatic carbocycles. The van der Waals surface area contributed by atoms with Crippen molar-refractivity contribution < 1.29 is 23.5 Å². The summed E-state index contributed by atoms with van der Waals surface area (Å²) >= 11 is 0. The minimum atomic E-state index is -0.653. The number of carbonyl (C=O) groups excluding carboxylic acids is 2. The molecule has 0 spiro atoms. The van der Waals surface area contributed by atoms with Gasteiger partial charge in [-0.05, 0) is 30.9 Å². The molecule has 0 atom stereocenters. The number of hydrogen-bond acceptors (Lipinski definition) is 7. The molecule has 1 fully saturated rings. The fraction of sp³-hybridized carbons (Fsp3) is 0.308. The van der Waals surface area contributed by atoms with Crippen LogP contribution in [0.15, 0.2) is 42.6 Å². The van der Waals surface area contributed by atoms with Crippen molar-refractivity contribution in [3.8, 4) is 11.5 Å². The second kappa shape index (κ2) is 9.92. The van der Waals surface area contributed by atoms with E-state index >= 15 is 4.39 Å². The number of rotatable bonds is 8. The number of nitrogens with zero attached hydrogens (tertiary/aromatic N) is 4. The van der Waals surface area contributed by atoms with Gasteiger partial charge in [-0.25, -0.2) is 14.2 Å². The maximum Gasteiger partial charge on any atom is 0.330 e. The van der Waals surface area contributed by atoms with Crippen LogP contribution in [0.5, 0.6) is 11.5 Å². The molecule has 1 aliphatic heterocycles. The topological polar surface area (TPSA) is 109 Å². The fourth-order valence-electron chi connectivity index (χ4n) is 4.22. The smallest absolute Gasteiger partial charge is 0.330 e. The molecule has 0 saturated heterocycles. The molecule has 3 amide bonds. The van der Waals surface area contributed by atoms with Crippen molar-refractivity contribution in [1.82, 2.24) is 9.97 Å². The standard InChI is InChI=1S/C26H27FN6O4/c1-15(34)29-19-6-4-5-7-20(19)30-25-28-12-17-14-32(21-10-18(36-2)11-22(37-3)23(21)27)26(35)33(24(17)31-25)13-16-8-9-16/h4-7,10-12,16H,8-9,13-14H2,1-3H3,(H,29,34)(H,28,30,31). The molecule has 1 saturated carbocycles. The van der Waals surface area contributed by atoms with E-state index in [1.807, 2.05) is 12.1 Å². The third-order valence-corrected chi connectivity index (χ3v) is 6.25. The largest absolute Gasteiger partial charge is 0.497 e. The Labute approximate surface area is 213 Å². The molecule has 2 N–H and O–H groups in total. The van der Waals surface area contributed by atoms with Gasteiger partial charge in [0.1, 0.15) is 11.6 Å². The minimum Gasteiger partial charge on any atom is -0.497 e. The Bertz CT molecular complexity index is 1360. The van der Waals surface area contributed by atoms with Crippen LogP contribution in [-0.4, -0.2) is 42.7 Å². The molecule has 5 rings (SSSR count). The van der Waals surface area contributed by atoms with E-state index in [-0.39, 0.29) is 29.8 Å². The summed E-state index contributed by atoms with van der Waals surface area (Å²) in [7, 11) is 2.83. The normalized spacial score (nSPS) is 14.8. The lowest BCUT2D eigenvalue weighted by Crippen LogP contribution is -2.49. The molecule has 2 aliphatic rings. The Morgan fingerprint density at radius 2 is 1.92 bits per heavy atom. The molecule has 0 radical (unpaired) electrons. The first kappa shape index (κ1) is 24.3. The van der Waals surface area contributed by atoms with Crippen LogP contribution in [0.1, 0.15) is 25.3 Å². The van der Waals surface area contributed by atoms with Gasteiger partial charge >= 0.3 is 6.03 Å². The number of carbonyl (C=O) groups is 2. The van der Waals surface area contributed by atoms with Gasteiger partial charge in [-0.2, -0.15) is 4.98 Å². The second-order valence-electron chi connectivity index (χ2n) is 8.98. The van der Waals surface area contributed by atoms with Gasteiger partial charge in [0.05, 0.1) is 37.8 Å². The number of anilines is 5. The highest BCUT2D eigenvalue weighted by molar-refractivity contribution is 6.06. The zero-order valence-corrected chi connectivity index (χ0v) is 20.7. The van der Waals surface area contributed by atoms with Gasteiger partial charge in [0.2, 0.25) is 11.9 Å². The van der Waals surface area contributed by atoms with E-state index < -0.39 is 11.8 Å². The second-order valence-corrected chi connectivity index (χ2v) is 8.98. The number of fused-ring (bicyclic) bond motifs is 1. The summed E-state index contributed by atoms with van der Waals surface area (Å²) in [6.07, 6.45) is 3.65. The van der Waals surface area contributed by atoms with Crippen LogP contribution in [0.4, 0.5) is 38.0 Å². The third-order valence-electron chi connectivity index (χ3n) is 6.25. The molecule has 1 aliphatic carbocycles. The summed E-state index contributed by atoms with van der Waals surface area (Å²) in [4.78, 5) is 37.3. The summed E-state index contributed by atoms with van der Waals surface area (Å²) in [6, 6.07) is 9.71. The predicted octanol–water partition coefficient (Wildman–Crippen LogP) is 4.69. The van der Waals surface area contributed by atoms with Crippen molar-refractivity contribution in [2.45, 2.75) is 26.3 Å². The summed E-state index contributed by atoms with van der Waals surface area (Å²) in [5.74, 6) is 0.590. The maximum atomic E-state index is 15.3. The van der Waals surface area contributed by atoms with E-state index in [0.29, 0.717) is 41.0 Å². The number of ether oxygens (including phenoxy) is 2. The van der Waals surface area contributed by atoms with Crippen LogP contribution >= 0.6 is 0 Å². The van der Waals surface area contributed by atoms with Crippen molar-refractivity contribution >= 4 is 40.8 Å². The predicted molar refractivity (Wildman–Crippen MR) is 137 cm³/mol. The summed E-state index contributed by atoms with van der Waals surface area (Å²) in [5, 5.41) is 5.90. The van der Waals surface area contributed by atoms with Crippen LogP contribution in [0.2, 0.25) is 0 Å². The Balaban J connectivity index is 1.51. The zero-order chi connectivity index (χ0) is 26.1. The Morgan fingerprint density at radius 1 is 1.16 bits per heavy atom. The number of hydrogen-bond donors (Lipinski definition) is 2. The van der Waals surface area contributed by atoms with Crippen LogP contribution in [-0.2, 0) is 11.3 Å². The summed E-state index contributed by atoms with van der Waals surface area (Å²) in [6.45, 7) is 1.97. The highest BCUT2D eigenvalue weighted by Crippen LogP contribution is 2.40. The molecule has 1 aromatic heterocycles. The molecule has 10 nitrogen and oxygen atoms in total. The number of benzene rings is 2. The molecule has 192 valence electrons. The van der Waals surface area contributed by atoms with Gasteiger partial charge in [-0.1, -0.05) is 12.1 Å². The number of halogens is 1. The number of nitrogens with one attached hydrogen (secondary N) is 2. The number of methoxy groups -OCH3 is 2. The lowest BCUT2D eigenvalue weighted by atomic mass is 10.1. The van der Waals surface area contributed by atoms with Crippen molar-refractivity contribution in [3.05, 3.63) is 54.0 Å². The SMILES string of the molecule is COc1cc(OC)c(F)c(N2Cc3cnc(Nc4ccccc4NC(C)=O)nc3N(CC3CC3)C2=O)c1. The van der Waals surface area contributed by atoms with Crippen molar-refractivity contribution in [2.24, 2.45) is 5.92 Å². The maximum absolute atomic E-state index is 15.3. The first-order valence-corrected chi connectivity index (χ1v) is 11.9. The monoisotopic (exact) mass is 506 g/mol. The van der Waals surface area contributed by atoms with Crippen LogP contribution in [0.25, 0.3) is 0 Å². The number of amides is 3. The lowest BCUT2D eigenvalue weighted by Gasteiger charge is -2.36. The Kier molecular flexibility index (Phi) is 6.51. The molecular formula is C26H27FN6O4. The highest BCUT2D eigenvalue weighted by atomic mass is 19.1. The van der Waals surface area contributed by atoms with Crippen LogP contribution in [0.3, 0.4) is 0 Å². The van der Waals surface area contributed by atoms with Crippen molar-refractivity contribution in [3.63, 3.8) is 0 Å². The van der Waals surface area contributed by atoms with Gasteiger partial charge in [0.25, 0.3) is 0 Å². The van der Waals surface area contributed by atoms with E-state index in [2.05, 4.69) is 20.6 Å². The van der Waals surface area contributed by atoms with Gasteiger partial charge in [0.15, 0.2) is 11.6 Å². The minimum absolute atomic E-state index is 0.0182. The quantitative estimate of drug-likeness (QED) is 0.456. The van der Waals surface area contributed by atoms with Crippen molar-refractivity contribution in [2.75, 3.05) is 41.2 Å². The number of urea groups is 1. The fourth-order valence-corrected chi connectivity index (χ4v) is 4.22. The first-order valence-electron chi connectivity index (χ1n) is 11.9. The Morgan fingerprint density at radius 3 is 2.59 bits per heavy atom. The first-order chi connectivity index (χ1) is 17.9. The van der Waals surface area contributed by atoms with E-state index in [1.54, 1.807) is 23.2 Å². The summed E-state index contributed by atoms with van der Waals surface area (Å²) < 4.78 is 25.8. The van der Waals surface area contributed by atoms with Gasteiger partial charge < -0.3 is 20.1 Å². The van der Waals surface area contributed by atoms with Crippen LogP contribution < -0.4 is 29.9 Å². The summed E-state index contributed by atoms with van der Waals surface area (Å²) in [5.41, 5.74) is 1.91. The van der Waals surface area contributed by atoms with Gasteiger partial charge in [0, 0.05) is 37.4 Å². The third kappa shape index (κ3) is 4.97. The highest BCUT2D eigenvalue weighted by Gasteiger charge is 2.38. The van der Waals surface area contributed by atoms with E-state index in [1.165, 1.54) is 38.2 Å². The average molecular weight is 507 g/mol. The number of aromatic nitrogens is 2. The van der Waals surface area contributed by atoms with Gasteiger partial charge in [-0.3, -0.25) is 14.6 Å². The van der Waals surface area contributed by atoms with E-state index in [4.69, 9.17) is 9.47 Å².